The van der Waals surface area contributed by atoms with Gasteiger partial charge in [0.1, 0.15) is 5.75 Å². The summed E-state index contributed by atoms with van der Waals surface area (Å²) in [4.78, 5) is 16.5. The molecule has 2 N–H and O–H groups in total. The van der Waals surface area contributed by atoms with E-state index in [0.29, 0.717) is 6.54 Å². The van der Waals surface area contributed by atoms with E-state index < -0.39 is 0 Å². The first-order valence-corrected chi connectivity index (χ1v) is 9.45. The molecule has 2 rings (SSSR count). The third-order valence-electron chi connectivity index (χ3n) is 4.27. The SMILES string of the molecule is CCNC(=NCc1cccc(OC)c1)NCCCCn1c(C)cccc1=O.I. The van der Waals surface area contributed by atoms with Crippen molar-refractivity contribution < 1.29 is 4.74 Å². The molecule has 0 aliphatic carbocycles. The molecule has 0 saturated heterocycles. The number of benzene rings is 1. The van der Waals surface area contributed by atoms with Crippen LogP contribution < -0.4 is 20.9 Å². The van der Waals surface area contributed by atoms with Crippen molar-refractivity contribution in [2.24, 2.45) is 4.99 Å². The van der Waals surface area contributed by atoms with Gasteiger partial charge in [-0.2, -0.15) is 0 Å². The van der Waals surface area contributed by atoms with Crippen molar-refractivity contribution in [3.05, 3.63) is 64.1 Å². The number of nitrogens with zero attached hydrogens (tertiary/aromatic N) is 2. The topological polar surface area (TPSA) is 67.7 Å². The zero-order valence-corrected chi connectivity index (χ0v) is 19.2. The molecular weight excluding hydrogens is 467 g/mol. The van der Waals surface area contributed by atoms with Crippen LogP contribution in [0.5, 0.6) is 5.75 Å². The Hall–Kier alpha value is -2.03. The molecule has 0 aliphatic heterocycles. The molecular formula is C21H31IN4O2. The highest BCUT2D eigenvalue weighted by molar-refractivity contribution is 14.0. The number of aromatic nitrogens is 1. The maximum atomic E-state index is 11.9. The lowest BCUT2D eigenvalue weighted by atomic mass is 10.2. The molecule has 0 fully saturated rings. The maximum Gasteiger partial charge on any atom is 0.250 e. The van der Waals surface area contributed by atoms with Gasteiger partial charge in [0.25, 0.3) is 5.56 Å². The van der Waals surface area contributed by atoms with Gasteiger partial charge in [-0.3, -0.25) is 4.79 Å². The van der Waals surface area contributed by atoms with Gasteiger partial charge < -0.3 is 19.9 Å². The van der Waals surface area contributed by atoms with Gasteiger partial charge in [0.15, 0.2) is 5.96 Å². The van der Waals surface area contributed by atoms with E-state index in [4.69, 9.17) is 4.74 Å². The lowest BCUT2D eigenvalue weighted by Crippen LogP contribution is -2.37. The number of ether oxygens (including phenoxy) is 1. The van der Waals surface area contributed by atoms with Crippen molar-refractivity contribution in [3.8, 4) is 5.75 Å². The van der Waals surface area contributed by atoms with Crippen LogP contribution in [-0.4, -0.2) is 30.7 Å². The second kappa shape index (κ2) is 13.2. The Morgan fingerprint density at radius 1 is 1.14 bits per heavy atom. The van der Waals surface area contributed by atoms with Gasteiger partial charge in [-0.05, 0) is 50.5 Å². The molecule has 1 heterocycles. The summed E-state index contributed by atoms with van der Waals surface area (Å²) in [6.07, 6.45) is 1.90. The van der Waals surface area contributed by atoms with E-state index in [0.717, 1.165) is 55.4 Å². The van der Waals surface area contributed by atoms with E-state index in [1.54, 1.807) is 19.2 Å². The maximum absolute atomic E-state index is 11.9. The summed E-state index contributed by atoms with van der Waals surface area (Å²) in [5, 5.41) is 6.62. The van der Waals surface area contributed by atoms with E-state index in [-0.39, 0.29) is 29.5 Å². The molecule has 0 spiro atoms. The number of aryl methyl sites for hydroxylation is 1. The Morgan fingerprint density at radius 3 is 2.64 bits per heavy atom. The Bertz CT molecular complexity index is 805. The van der Waals surface area contributed by atoms with Crippen LogP contribution in [0.15, 0.2) is 52.3 Å². The molecule has 1 aromatic heterocycles. The Balaban J connectivity index is 0.00000392. The second-order valence-corrected chi connectivity index (χ2v) is 6.34. The summed E-state index contributed by atoms with van der Waals surface area (Å²) in [6.45, 7) is 6.96. The number of hydrogen-bond acceptors (Lipinski definition) is 3. The highest BCUT2D eigenvalue weighted by atomic mass is 127. The van der Waals surface area contributed by atoms with Crippen LogP contribution in [0.1, 0.15) is 31.0 Å². The summed E-state index contributed by atoms with van der Waals surface area (Å²) in [6, 6.07) is 13.3. The van der Waals surface area contributed by atoms with Crippen LogP contribution in [0, 0.1) is 6.92 Å². The zero-order valence-electron chi connectivity index (χ0n) is 16.9. The fourth-order valence-electron chi connectivity index (χ4n) is 2.79. The van der Waals surface area contributed by atoms with Gasteiger partial charge in [-0.15, -0.1) is 24.0 Å². The average Bonchev–Trinajstić information content (AvgIpc) is 2.68. The van der Waals surface area contributed by atoms with E-state index in [2.05, 4.69) is 15.6 Å². The molecule has 0 saturated carbocycles. The van der Waals surface area contributed by atoms with Crippen LogP contribution in [0.25, 0.3) is 0 Å². The van der Waals surface area contributed by atoms with Crippen molar-refractivity contribution in [2.45, 2.75) is 39.8 Å². The van der Waals surface area contributed by atoms with Crippen LogP contribution in [-0.2, 0) is 13.1 Å². The lowest BCUT2D eigenvalue weighted by Gasteiger charge is -2.12. The van der Waals surface area contributed by atoms with Crippen molar-refractivity contribution in [1.82, 2.24) is 15.2 Å². The summed E-state index contributed by atoms with van der Waals surface area (Å²) in [5.74, 6) is 1.64. The number of nitrogens with one attached hydrogen (secondary N) is 2. The molecule has 1 aromatic carbocycles. The first-order valence-electron chi connectivity index (χ1n) is 9.45. The van der Waals surface area contributed by atoms with E-state index >= 15 is 0 Å². The molecule has 7 heteroatoms. The molecule has 154 valence electrons. The number of guanidine groups is 1. The van der Waals surface area contributed by atoms with Crippen molar-refractivity contribution in [2.75, 3.05) is 20.2 Å². The molecule has 28 heavy (non-hydrogen) atoms. The summed E-state index contributed by atoms with van der Waals surface area (Å²) in [7, 11) is 1.67. The Morgan fingerprint density at radius 2 is 1.93 bits per heavy atom. The second-order valence-electron chi connectivity index (χ2n) is 6.34. The number of pyridine rings is 1. The smallest absolute Gasteiger partial charge is 0.250 e. The molecule has 6 nitrogen and oxygen atoms in total. The minimum absolute atomic E-state index is 0. The van der Waals surface area contributed by atoms with Crippen molar-refractivity contribution in [3.63, 3.8) is 0 Å². The highest BCUT2D eigenvalue weighted by Crippen LogP contribution is 2.13. The molecule has 0 bridgehead atoms. The van der Waals surface area contributed by atoms with Crippen LogP contribution in [0.2, 0.25) is 0 Å². The van der Waals surface area contributed by atoms with Gasteiger partial charge in [0.2, 0.25) is 0 Å². The minimum atomic E-state index is 0. The zero-order chi connectivity index (χ0) is 19.5. The molecule has 0 aliphatic rings. The van der Waals surface area contributed by atoms with Crippen molar-refractivity contribution in [1.29, 1.82) is 0 Å². The molecule has 0 unspecified atom stereocenters. The number of rotatable bonds is 9. The number of aliphatic imine (C=N–C) groups is 1. The van der Waals surface area contributed by atoms with Crippen LogP contribution in [0.4, 0.5) is 0 Å². The van der Waals surface area contributed by atoms with Gasteiger partial charge in [-0.25, -0.2) is 4.99 Å². The predicted molar refractivity (Wildman–Crippen MR) is 126 cm³/mol. The summed E-state index contributed by atoms with van der Waals surface area (Å²) >= 11 is 0. The van der Waals surface area contributed by atoms with Crippen LogP contribution >= 0.6 is 24.0 Å². The highest BCUT2D eigenvalue weighted by Gasteiger charge is 2.01. The Labute approximate surface area is 184 Å². The first kappa shape index (κ1) is 24.0. The molecule has 0 atom stereocenters. The quantitative estimate of drug-likeness (QED) is 0.241. The monoisotopic (exact) mass is 498 g/mol. The number of unbranched alkanes of at least 4 members (excludes halogenated alkanes) is 1. The van der Waals surface area contributed by atoms with Gasteiger partial charge >= 0.3 is 0 Å². The normalized spacial score (nSPS) is 10.9. The summed E-state index contributed by atoms with van der Waals surface area (Å²) < 4.78 is 7.07. The molecule has 2 aromatic rings. The van der Waals surface area contributed by atoms with Crippen LogP contribution in [0.3, 0.4) is 0 Å². The number of methoxy groups -OCH3 is 1. The molecule has 0 amide bonds. The standard InChI is InChI=1S/C21H30N4O2.HI/c1-4-22-21(24-16-18-10-8-11-19(15-18)27-3)23-13-5-6-14-25-17(2)9-7-12-20(25)26;/h7-12,15H,4-6,13-14,16H2,1-3H3,(H2,22,23,24);1H. The largest absolute Gasteiger partial charge is 0.497 e. The summed E-state index contributed by atoms with van der Waals surface area (Å²) in [5.41, 5.74) is 2.17. The lowest BCUT2D eigenvalue weighted by molar-refractivity contribution is 0.414. The third kappa shape index (κ3) is 7.92. The minimum Gasteiger partial charge on any atom is -0.497 e. The van der Waals surface area contributed by atoms with E-state index in [1.807, 2.05) is 48.7 Å². The van der Waals surface area contributed by atoms with Gasteiger partial charge in [0, 0.05) is 31.4 Å². The fourth-order valence-corrected chi connectivity index (χ4v) is 2.79. The number of halogens is 1. The van der Waals surface area contributed by atoms with E-state index in [9.17, 15) is 4.79 Å². The van der Waals surface area contributed by atoms with Gasteiger partial charge in [-0.1, -0.05) is 18.2 Å². The average molecular weight is 498 g/mol. The van der Waals surface area contributed by atoms with E-state index in [1.165, 1.54) is 0 Å². The van der Waals surface area contributed by atoms with Gasteiger partial charge in [0.05, 0.1) is 13.7 Å². The number of hydrogen-bond donors (Lipinski definition) is 2. The first-order chi connectivity index (χ1) is 13.1. The third-order valence-corrected chi connectivity index (χ3v) is 4.27. The predicted octanol–water partition coefficient (Wildman–Crippen LogP) is 3.32. The Kier molecular flexibility index (Phi) is 11.3. The molecule has 0 radical (unpaired) electrons. The van der Waals surface area contributed by atoms with Crippen molar-refractivity contribution >= 4 is 29.9 Å². The fraction of sp³-hybridized carbons (Fsp3) is 0.429.